The van der Waals surface area contributed by atoms with Crippen LogP contribution in [0.15, 0.2) is 48.5 Å². The highest BCUT2D eigenvalue weighted by Gasteiger charge is 2.30. The van der Waals surface area contributed by atoms with Crippen LogP contribution in [0.5, 0.6) is 5.75 Å². The van der Waals surface area contributed by atoms with E-state index in [0.29, 0.717) is 6.54 Å². The Labute approximate surface area is 160 Å². The van der Waals surface area contributed by atoms with Crippen molar-refractivity contribution in [2.24, 2.45) is 0 Å². The van der Waals surface area contributed by atoms with Crippen LogP contribution in [0.25, 0.3) is 0 Å². The van der Waals surface area contributed by atoms with Gasteiger partial charge < -0.3 is 15.0 Å². The fourth-order valence-corrected chi connectivity index (χ4v) is 4.35. The first-order valence-electron chi connectivity index (χ1n) is 9.88. The number of nitrogens with one attached hydrogen (secondary N) is 2. The lowest BCUT2D eigenvalue weighted by molar-refractivity contribution is -0.918. The molecule has 4 rings (SSSR count). The summed E-state index contributed by atoms with van der Waals surface area (Å²) in [5, 5.41) is 3.20. The van der Waals surface area contributed by atoms with Crippen LogP contribution in [0.3, 0.4) is 0 Å². The van der Waals surface area contributed by atoms with E-state index in [-0.39, 0.29) is 12.1 Å². The number of para-hydroxylation sites is 1. The molecule has 0 aliphatic carbocycles. The highest BCUT2D eigenvalue weighted by atomic mass is 16.5. The van der Waals surface area contributed by atoms with Crippen molar-refractivity contribution in [1.82, 2.24) is 5.32 Å². The third-order valence-electron chi connectivity index (χ3n) is 5.85. The van der Waals surface area contributed by atoms with E-state index in [1.807, 2.05) is 35.2 Å². The van der Waals surface area contributed by atoms with E-state index >= 15 is 0 Å². The maximum atomic E-state index is 12.8. The summed E-state index contributed by atoms with van der Waals surface area (Å²) in [5.41, 5.74) is 3.56. The number of likely N-dealkylation sites (tertiary alicyclic amines) is 1. The van der Waals surface area contributed by atoms with E-state index in [1.54, 1.807) is 12.0 Å². The van der Waals surface area contributed by atoms with Gasteiger partial charge in [-0.25, -0.2) is 4.79 Å². The van der Waals surface area contributed by atoms with Gasteiger partial charge in [0.05, 0.1) is 26.7 Å². The largest absolute Gasteiger partial charge is 0.497 e. The number of anilines is 1. The van der Waals surface area contributed by atoms with Gasteiger partial charge in [0, 0.05) is 30.6 Å². The Balaban J connectivity index is 1.46. The average Bonchev–Trinajstić information content (AvgIpc) is 3.38. The number of carbonyl (C=O) groups excluding carboxylic acids is 1. The Bertz CT molecular complexity index is 784. The van der Waals surface area contributed by atoms with Crippen LogP contribution in [0.1, 0.15) is 30.0 Å². The maximum Gasteiger partial charge on any atom is 0.322 e. The minimum absolute atomic E-state index is 0.0112. The first-order chi connectivity index (χ1) is 13.3. The van der Waals surface area contributed by atoms with Crippen molar-refractivity contribution < 1.29 is 14.4 Å². The Kier molecular flexibility index (Phi) is 5.30. The molecule has 0 saturated carbocycles. The van der Waals surface area contributed by atoms with Crippen molar-refractivity contribution in [3.05, 3.63) is 59.7 Å². The Morgan fingerprint density at radius 3 is 2.63 bits per heavy atom. The summed E-state index contributed by atoms with van der Waals surface area (Å²) in [6.07, 6.45) is 3.45. The molecule has 2 aromatic carbocycles. The quantitative estimate of drug-likeness (QED) is 0.852. The molecule has 2 heterocycles. The number of nitrogens with zero attached hydrogens (tertiary/aromatic N) is 1. The van der Waals surface area contributed by atoms with Gasteiger partial charge in [0.15, 0.2) is 0 Å². The van der Waals surface area contributed by atoms with Gasteiger partial charge in [0.25, 0.3) is 0 Å². The third kappa shape index (κ3) is 3.78. The lowest BCUT2D eigenvalue weighted by Crippen LogP contribution is -3.11. The molecule has 2 amide bonds. The Morgan fingerprint density at radius 2 is 1.89 bits per heavy atom. The minimum Gasteiger partial charge on any atom is -0.497 e. The summed E-state index contributed by atoms with van der Waals surface area (Å²) in [5.74, 6) is 0.867. The molecule has 2 aliphatic rings. The van der Waals surface area contributed by atoms with Gasteiger partial charge in [-0.15, -0.1) is 0 Å². The first kappa shape index (κ1) is 17.9. The number of urea groups is 1. The Hall–Kier alpha value is -2.53. The minimum atomic E-state index is 0.0112. The van der Waals surface area contributed by atoms with Gasteiger partial charge in [-0.05, 0) is 42.3 Å². The first-order valence-corrected chi connectivity index (χ1v) is 9.88. The van der Waals surface area contributed by atoms with Crippen molar-refractivity contribution in [2.45, 2.75) is 25.3 Å². The number of hydrogen-bond acceptors (Lipinski definition) is 2. The molecular weight excluding hydrogens is 338 g/mol. The standard InChI is InChI=1S/C22H27N3O2/c1-27-19-10-8-18(9-11-19)21(24-13-4-5-14-24)16-23-22(26)25-15-12-17-6-2-3-7-20(17)25/h2-3,6-11,21H,4-5,12-16H2,1H3,(H,23,26)/p+1/t21-/m1/s1. The predicted octanol–water partition coefficient (Wildman–Crippen LogP) is 2.19. The van der Waals surface area contributed by atoms with Gasteiger partial charge in [0.2, 0.25) is 0 Å². The molecule has 5 heteroatoms. The highest BCUT2D eigenvalue weighted by molar-refractivity contribution is 5.94. The van der Waals surface area contributed by atoms with Crippen LogP contribution < -0.4 is 19.9 Å². The number of ether oxygens (including phenoxy) is 1. The van der Waals surface area contributed by atoms with E-state index in [0.717, 1.165) is 24.4 Å². The van der Waals surface area contributed by atoms with Gasteiger partial charge >= 0.3 is 6.03 Å². The number of carbonyl (C=O) groups is 1. The average molecular weight is 366 g/mol. The molecular formula is C22H28N3O2+. The van der Waals surface area contributed by atoms with Crippen molar-refractivity contribution in [2.75, 3.05) is 38.2 Å². The number of benzene rings is 2. The second kappa shape index (κ2) is 8.01. The fourth-order valence-electron chi connectivity index (χ4n) is 4.35. The molecule has 0 spiro atoms. The van der Waals surface area contributed by atoms with Gasteiger partial charge in [0.1, 0.15) is 11.8 Å². The summed E-state index contributed by atoms with van der Waals surface area (Å²) < 4.78 is 5.29. The van der Waals surface area contributed by atoms with Gasteiger partial charge in [-0.2, -0.15) is 0 Å². The fraction of sp³-hybridized carbons (Fsp3) is 0.409. The van der Waals surface area contributed by atoms with Gasteiger partial charge in [-0.3, -0.25) is 4.90 Å². The molecule has 1 fully saturated rings. The van der Waals surface area contributed by atoms with Crippen LogP contribution >= 0.6 is 0 Å². The zero-order valence-electron chi connectivity index (χ0n) is 15.9. The molecule has 2 aromatic rings. The number of hydrogen-bond donors (Lipinski definition) is 2. The van der Waals surface area contributed by atoms with E-state index in [2.05, 4.69) is 23.5 Å². The van der Waals surface area contributed by atoms with Crippen LogP contribution in [0.4, 0.5) is 10.5 Å². The Morgan fingerprint density at radius 1 is 1.15 bits per heavy atom. The zero-order valence-corrected chi connectivity index (χ0v) is 15.9. The maximum absolute atomic E-state index is 12.8. The normalized spacial score (nSPS) is 17.6. The van der Waals surface area contributed by atoms with Crippen molar-refractivity contribution in [3.8, 4) is 5.75 Å². The highest BCUT2D eigenvalue weighted by Crippen LogP contribution is 2.27. The van der Waals surface area contributed by atoms with E-state index < -0.39 is 0 Å². The molecule has 0 unspecified atom stereocenters. The third-order valence-corrected chi connectivity index (χ3v) is 5.85. The summed E-state index contributed by atoms with van der Waals surface area (Å²) in [7, 11) is 1.69. The van der Waals surface area contributed by atoms with Crippen LogP contribution in [0.2, 0.25) is 0 Å². The molecule has 2 aliphatic heterocycles. The molecule has 0 radical (unpaired) electrons. The molecule has 142 valence electrons. The molecule has 1 atom stereocenters. The smallest absolute Gasteiger partial charge is 0.322 e. The monoisotopic (exact) mass is 366 g/mol. The van der Waals surface area contributed by atoms with E-state index in [9.17, 15) is 4.79 Å². The zero-order chi connectivity index (χ0) is 18.6. The van der Waals surface area contributed by atoms with Crippen LogP contribution in [-0.4, -0.2) is 39.3 Å². The summed E-state index contributed by atoms with van der Waals surface area (Å²) in [6, 6.07) is 16.8. The van der Waals surface area contributed by atoms with Crippen LogP contribution in [0, 0.1) is 0 Å². The van der Waals surface area contributed by atoms with E-state index in [4.69, 9.17) is 4.74 Å². The van der Waals surface area contributed by atoms with Crippen molar-refractivity contribution in [3.63, 3.8) is 0 Å². The summed E-state index contributed by atoms with van der Waals surface area (Å²) in [4.78, 5) is 16.3. The van der Waals surface area contributed by atoms with Crippen molar-refractivity contribution >= 4 is 11.7 Å². The lowest BCUT2D eigenvalue weighted by Gasteiger charge is -2.27. The second-order valence-corrected chi connectivity index (χ2v) is 7.41. The molecule has 0 bridgehead atoms. The number of rotatable bonds is 5. The summed E-state index contributed by atoms with van der Waals surface area (Å²) >= 11 is 0. The second-order valence-electron chi connectivity index (χ2n) is 7.41. The molecule has 5 nitrogen and oxygen atoms in total. The van der Waals surface area contributed by atoms with Crippen LogP contribution in [-0.2, 0) is 6.42 Å². The number of amides is 2. The number of fused-ring (bicyclic) bond motifs is 1. The number of quaternary nitrogens is 1. The number of methoxy groups -OCH3 is 1. The molecule has 27 heavy (non-hydrogen) atoms. The van der Waals surface area contributed by atoms with Crippen molar-refractivity contribution in [1.29, 1.82) is 0 Å². The van der Waals surface area contributed by atoms with Gasteiger partial charge in [-0.1, -0.05) is 18.2 Å². The van der Waals surface area contributed by atoms with E-state index in [1.165, 1.54) is 37.1 Å². The SMILES string of the molecule is COc1ccc([C@@H](CNC(=O)N2CCc3ccccc32)[NH+]2CCCC2)cc1. The predicted molar refractivity (Wildman–Crippen MR) is 107 cm³/mol. The topological polar surface area (TPSA) is 46.0 Å². The molecule has 0 aromatic heterocycles. The summed E-state index contributed by atoms with van der Waals surface area (Å²) in [6.45, 7) is 3.74. The lowest BCUT2D eigenvalue weighted by atomic mass is 10.1. The molecule has 2 N–H and O–H groups in total. The molecule has 1 saturated heterocycles.